The maximum Gasteiger partial charge on any atom is 0.0876 e. The zero-order valence-corrected chi connectivity index (χ0v) is 6.34. The van der Waals surface area contributed by atoms with E-state index in [1.807, 2.05) is 0 Å². The van der Waals surface area contributed by atoms with E-state index in [4.69, 9.17) is 9.84 Å². The number of hydrogen-bond donors (Lipinski definition) is 1. The van der Waals surface area contributed by atoms with Gasteiger partial charge in [0.15, 0.2) is 0 Å². The molecule has 1 aliphatic rings. The summed E-state index contributed by atoms with van der Waals surface area (Å²) in [5.41, 5.74) is 1.24. The van der Waals surface area contributed by atoms with Crippen molar-refractivity contribution < 1.29 is 9.84 Å². The molecule has 0 aliphatic carbocycles. The molecule has 58 valence electrons. The smallest absolute Gasteiger partial charge is 0.0876 e. The molecule has 2 heteroatoms. The lowest BCUT2D eigenvalue weighted by molar-refractivity contribution is 0.180. The highest BCUT2D eigenvalue weighted by molar-refractivity contribution is 5.01. The minimum Gasteiger partial charge on any atom is -0.501 e. The van der Waals surface area contributed by atoms with Gasteiger partial charge in [-0.1, -0.05) is 0 Å². The monoisotopic (exact) mass is 142 g/mol. The average molecular weight is 142 g/mol. The molecule has 0 saturated heterocycles. The van der Waals surface area contributed by atoms with Gasteiger partial charge in [0.1, 0.15) is 0 Å². The molecule has 1 atom stereocenters. The van der Waals surface area contributed by atoms with E-state index in [9.17, 15) is 0 Å². The van der Waals surface area contributed by atoms with Crippen LogP contribution >= 0.6 is 0 Å². The standard InChI is InChI=1S/C8H14O2/c1-7(9)5-8-3-2-4-10-6-8/h6-7,9H,2-5H2,1H3/t7-/m1/s1. The van der Waals surface area contributed by atoms with Crippen LogP contribution in [0.4, 0.5) is 0 Å². The van der Waals surface area contributed by atoms with Gasteiger partial charge in [0.2, 0.25) is 0 Å². The van der Waals surface area contributed by atoms with Crippen molar-refractivity contribution in [3.05, 3.63) is 11.8 Å². The number of ether oxygens (including phenoxy) is 1. The lowest BCUT2D eigenvalue weighted by Crippen LogP contribution is -2.06. The van der Waals surface area contributed by atoms with Crippen LogP contribution in [0.5, 0.6) is 0 Å². The fraction of sp³-hybridized carbons (Fsp3) is 0.750. The summed E-state index contributed by atoms with van der Waals surface area (Å²) in [6, 6.07) is 0. The van der Waals surface area contributed by atoms with Crippen molar-refractivity contribution >= 4 is 0 Å². The minimum atomic E-state index is -0.229. The highest BCUT2D eigenvalue weighted by Crippen LogP contribution is 2.16. The Bertz CT molecular complexity index is 127. The highest BCUT2D eigenvalue weighted by atomic mass is 16.5. The third-order valence-electron chi connectivity index (χ3n) is 1.57. The summed E-state index contributed by atoms with van der Waals surface area (Å²) in [7, 11) is 0. The molecule has 0 amide bonds. The first-order valence-corrected chi connectivity index (χ1v) is 3.76. The van der Waals surface area contributed by atoms with Crippen LogP contribution < -0.4 is 0 Å². The summed E-state index contributed by atoms with van der Waals surface area (Å²) in [4.78, 5) is 0. The molecule has 0 fully saturated rings. The second kappa shape index (κ2) is 3.62. The molecule has 1 N–H and O–H groups in total. The first kappa shape index (κ1) is 7.61. The zero-order chi connectivity index (χ0) is 7.40. The lowest BCUT2D eigenvalue weighted by Gasteiger charge is -2.14. The van der Waals surface area contributed by atoms with Crippen molar-refractivity contribution in [1.29, 1.82) is 0 Å². The van der Waals surface area contributed by atoms with Gasteiger partial charge in [0.25, 0.3) is 0 Å². The molecule has 0 spiro atoms. The predicted octanol–water partition coefficient (Wildman–Crippen LogP) is 1.45. The zero-order valence-electron chi connectivity index (χ0n) is 6.34. The van der Waals surface area contributed by atoms with Crippen molar-refractivity contribution in [3.8, 4) is 0 Å². The molecule has 0 saturated carbocycles. The SMILES string of the molecule is C[C@@H](O)CC1=COCCC1. The van der Waals surface area contributed by atoms with Crippen LogP contribution in [0.15, 0.2) is 11.8 Å². The quantitative estimate of drug-likeness (QED) is 0.632. The molecular formula is C8H14O2. The maximum atomic E-state index is 9.01. The number of rotatable bonds is 2. The minimum absolute atomic E-state index is 0.229. The fourth-order valence-electron chi connectivity index (χ4n) is 1.15. The Kier molecular flexibility index (Phi) is 2.75. The molecular weight excluding hydrogens is 128 g/mol. The van der Waals surface area contributed by atoms with E-state index in [2.05, 4.69) is 0 Å². The van der Waals surface area contributed by atoms with E-state index < -0.39 is 0 Å². The molecule has 10 heavy (non-hydrogen) atoms. The van der Waals surface area contributed by atoms with Crippen LogP contribution in [-0.2, 0) is 4.74 Å². The van der Waals surface area contributed by atoms with Crippen LogP contribution in [0.1, 0.15) is 26.2 Å². The number of aliphatic hydroxyl groups is 1. The van der Waals surface area contributed by atoms with E-state index in [-0.39, 0.29) is 6.10 Å². The van der Waals surface area contributed by atoms with Crippen molar-refractivity contribution in [1.82, 2.24) is 0 Å². The van der Waals surface area contributed by atoms with Gasteiger partial charge in [-0.25, -0.2) is 0 Å². The van der Waals surface area contributed by atoms with Gasteiger partial charge < -0.3 is 9.84 Å². The summed E-state index contributed by atoms with van der Waals surface area (Å²) < 4.78 is 5.11. The Labute approximate surface area is 61.5 Å². The van der Waals surface area contributed by atoms with Gasteiger partial charge in [-0.3, -0.25) is 0 Å². The van der Waals surface area contributed by atoms with Crippen molar-refractivity contribution in [2.75, 3.05) is 6.61 Å². The van der Waals surface area contributed by atoms with E-state index in [0.717, 1.165) is 25.9 Å². The van der Waals surface area contributed by atoms with Gasteiger partial charge >= 0.3 is 0 Å². The van der Waals surface area contributed by atoms with E-state index in [1.165, 1.54) is 5.57 Å². The van der Waals surface area contributed by atoms with Crippen LogP contribution in [0.3, 0.4) is 0 Å². The average Bonchev–Trinajstić information content (AvgIpc) is 1.88. The molecule has 0 radical (unpaired) electrons. The topological polar surface area (TPSA) is 29.5 Å². The summed E-state index contributed by atoms with van der Waals surface area (Å²) in [5, 5.41) is 9.01. The molecule has 0 unspecified atom stereocenters. The Balaban J connectivity index is 2.31. The van der Waals surface area contributed by atoms with E-state index >= 15 is 0 Å². The third kappa shape index (κ3) is 2.40. The first-order valence-electron chi connectivity index (χ1n) is 3.76. The molecule has 0 aromatic heterocycles. The molecule has 0 aromatic carbocycles. The summed E-state index contributed by atoms with van der Waals surface area (Å²) >= 11 is 0. The van der Waals surface area contributed by atoms with Gasteiger partial charge in [-0.05, 0) is 31.8 Å². The summed E-state index contributed by atoms with van der Waals surface area (Å²) in [6.45, 7) is 2.64. The predicted molar refractivity (Wildman–Crippen MR) is 39.6 cm³/mol. The lowest BCUT2D eigenvalue weighted by atomic mass is 10.0. The fourth-order valence-corrected chi connectivity index (χ4v) is 1.15. The Morgan fingerprint density at radius 3 is 3.10 bits per heavy atom. The van der Waals surface area contributed by atoms with Crippen LogP contribution in [0, 0.1) is 0 Å². The van der Waals surface area contributed by atoms with Crippen molar-refractivity contribution in [2.45, 2.75) is 32.3 Å². The van der Waals surface area contributed by atoms with Crippen molar-refractivity contribution in [3.63, 3.8) is 0 Å². The Morgan fingerprint density at radius 2 is 2.60 bits per heavy atom. The first-order chi connectivity index (χ1) is 4.79. The highest BCUT2D eigenvalue weighted by Gasteiger charge is 2.06. The molecule has 1 heterocycles. The number of aliphatic hydroxyl groups excluding tert-OH is 1. The maximum absolute atomic E-state index is 9.01. The molecule has 2 nitrogen and oxygen atoms in total. The Hall–Kier alpha value is -0.500. The Morgan fingerprint density at radius 1 is 1.80 bits per heavy atom. The van der Waals surface area contributed by atoms with Gasteiger partial charge in [0.05, 0.1) is 19.0 Å². The van der Waals surface area contributed by atoms with Crippen LogP contribution in [-0.4, -0.2) is 17.8 Å². The second-order valence-corrected chi connectivity index (χ2v) is 2.80. The van der Waals surface area contributed by atoms with Crippen molar-refractivity contribution in [2.24, 2.45) is 0 Å². The third-order valence-corrected chi connectivity index (χ3v) is 1.57. The normalized spacial score (nSPS) is 21.2. The molecule has 0 bridgehead atoms. The van der Waals surface area contributed by atoms with Gasteiger partial charge in [-0.15, -0.1) is 0 Å². The van der Waals surface area contributed by atoms with E-state index in [1.54, 1.807) is 13.2 Å². The molecule has 0 aromatic rings. The summed E-state index contributed by atoms with van der Waals surface area (Å²) in [5.74, 6) is 0. The number of hydrogen-bond acceptors (Lipinski definition) is 2. The van der Waals surface area contributed by atoms with Gasteiger partial charge in [0, 0.05) is 0 Å². The van der Waals surface area contributed by atoms with E-state index in [0.29, 0.717) is 0 Å². The molecule has 1 aliphatic heterocycles. The van der Waals surface area contributed by atoms with Gasteiger partial charge in [-0.2, -0.15) is 0 Å². The molecule has 1 rings (SSSR count). The largest absolute Gasteiger partial charge is 0.501 e. The second-order valence-electron chi connectivity index (χ2n) is 2.80. The van der Waals surface area contributed by atoms with Crippen LogP contribution in [0.2, 0.25) is 0 Å². The summed E-state index contributed by atoms with van der Waals surface area (Å²) in [6.07, 6.45) is 4.51. The van der Waals surface area contributed by atoms with Crippen LogP contribution in [0.25, 0.3) is 0 Å².